The van der Waals surface area contributed by atoms with E-state index < -0.39 is 0 Å². The molecule has 23 heavy (non-hydrogen) atoms. The van der Waals surface area contributed by atoms with Crippen LogP contribution in [0.3, 0.4) is 0 Å². The van der Waals surface area contributed by atoms with Gasteiger partial charge in [0.05, 0.1) is 21.1 Å². The van der Waals surface area contributed by atoms with E-state index in [0.717, 1.165) is 26.5 Å². The third kappa shape index (κ3) is 2.58. The number of rotatable bonds is 3. The Morgan fingerprint density at radius 3 is 2.96 bits per heavy atom. The summed E-state index contributed by atoms with van der Waals surface area (Å²) in [7, 11) is 1.89. The van der Waals surface area contributed by atoms with Crippen LogP contribution in [0.4, 0.5) is 5.13 Å². The smallest absolute Gasteiger partial charge is 0.267 e. The lowest BCUT2D eigenvalue weighted by Crippen LogP contribution is -2.09. The summed E-state index contributed by atoms with van der Waals surface area (Å²) in [4.78, 5) is 19.7. The molecule has 0 bridgehead atoms. The predicted molar refractivity (Wildman–Crippen MR) is 96.7 cm³/mol. The van der Waals surface area contributed by atoms with Gasteiger partial charge in [-0.05, 0) is 24.4 Å². The summed E-state index contributed by atoms with van der Waals surface area (Å²) in [5, 5.41) is 12.9. The fourth-order valence-corrected chi connectivity index (χ4v) is 4.83. The molecule has 4 aromatic rings. The Morgan fingerprint density at radius 2 is 2.22 bits per heavy atom. The van der Waals surface area contributed by atoms with Crippen LogP contribution in [0.1, 0.15) is 15.4 Å². The van der Waals surface area contributed by atoms with Gasteiger partial charge in [0, 0.05) is 17.8 Å². The first-order valence-corrected chi connectivity index (χ1v) is 9.43. The third-order valence-corrected chi connectivity index (χ3v) is 6.27. The number of carbonyl (C=O) groups excluding carboxylic acids is 1. The lowest BCUT2D eigenvalue weighted by atomic mass is 10.3. The van der Waals surface area contributed by atoms with Crippen molar-refractivity contribution >= 4 is 55.3 Å². The number of nitrogens with zero attached hydrogens (tertiary/aromatic N) is 3. The van der Waals surface area contributed by atoms with Crippen molar-refractivity contribution in [3.05, 3.63) is 39.5 Å². The average molecular weight is 360 g/mol. The number of thiophene rings is 2. The Hall–Kier alpha value is -2.03. The predicted octanol–water partition coefficient (Wildman–Crippen LogP) is 4.38. The fourth-order valence-electron chi connectivity index (χ4n) is 2.34. The molecule has 116 valence electrons. The van der Waals surface area contributed by atoms with Crippen molar-refractivity contribution in [1.29, 1.82) is 0 Å². The van der Waals surface area contributed by atoms with Crippen LogP contribution >= 0.6 is 34.0 Å². The van der Waals surface area contributed by atoms with E-state index in [-0.39, 0.29) is 5.91 Å². The number of aromatic nitrogens is 3. The van der Waals surface area contributed by atoms with E-state index in [1.807, 2.05) is 47.6 Å². The van der Waals surface area contributed by atoms with Crippen LogP contribution < -0.4 is 5.32 Å². The van der Waals surface area contributed by atoms with Crippen LogP contribution in [0.15, 0.2) is 29.0 Å². The average Bonchev–Trinajstić information content (AvgIpc) is 3.27. The van der Waals surface area contributed by atoms with Crippen LogP contribution in [-0.2, 0) is 7.05 Å². The number of anilines is 1. The molecule has 0 aliphatic carbocycles. The highest BCUT2D eigenvalue weighted by Crippen LogP contribution is 2.30. The number of thiazole rings is 1. The molecule has 0 atom stereocenters. The minimum Gasteiger partial charge on any atom is -0.297 e. The molecule has 0 aliphatic heterocycles. The topological polar surface area (TPSA) is 59.8 Å². The van der Waals surface area contributed by atoms with E-state index in [1.165, 1.54) is 22.7 Å². The largest absolute Gasteiger partial charge is 0.297 e. The molecule has 0 unspecified atom stereocenters. The maximum Gasteiger partial charge on any atom is 0.267 e. The molecule has 0 fully saturated rings. The molecule has 1 amide bonds. The van der Waals surface area contributed by atoms with Crippen LogP contribution in [0.5, 0.6) is 0 Å². The first-order valence-electron chi connectivity index (χ1n) is 6.86. The monoisotopic (exact) mass is 360 g/mol. The molecule has 0 saturated heterocycles. The number of hydrogen-bond acceptors (Lipinski definition) is 6. The minimum absolute atomic E-state index is 0.127. The zero-order chi connectivity index (χ0) is 16.0. The highest BCUT2D eigenvalue weighted by Gasteiger charge is 2.16. The van der Waals surface area contributed by atoms with Gasteiger partial charge in [0.2, 0.25) is 0 Å². The first kappa shape index (κ1) is 14.6. The van der Waals surface area contributed by atoms with Gasteiger partial charge in [-0.1, -0.05) is 6.07 Å². The van der Waals surface area contributed by atoms with Crippen LogP contribution in [0.2, 0.25) is 0 Å². The number of amides is 1. The van der Waals surface area contributed by atoms with Gasteiger partial charge < -0.3 is 0 Å². The summed E-state index contributed by atoms with van der Waals surface area (Å²) in [6.45, 7) is 1.95. The molecule has 0 aliphatic rings. The van der Waals surface area contributed by atoms with Gasteiger partial charge in [0.1, 0.15) is 4.83 Å². The summed E-state index contributed by atoms with van der Waals surface area (Å²) in [6, 6.07) is 5.91. The van der Waals surface area contributed by atoms with Crippen molar-refractivity contribution in [2.75, 3.05) is 5.32 Å². The maximum absolute atomic E-state index is 12.4. The number of fused-ring (bicyclic) bond motifs is 1. The number of hydrogen-bond donors (Lipinski definition) is 1. The summed E-state index contributed by atoms with van der Waals surface area (Å²) in [5.74, 6) is -0.127. The molecule has 4 heterocycles. The minimum atomic E-state index is -0.127. The van der Waals surface area contributed by atoms with Crippen LogP contribution in [-0.4, -0.2) is 20.7 Å². The number of carbonyl (C=O) groups is 1. The van der Waals surface area contributed by atoms with Crippen molar-refractivity contribution in [1.82, 2.24) is 14.8 Å². The molecule has 8 heteroatoms. The van der Waals surface area contributed by atoms with Crippen molar-refractivity contribution in [3.63, 3.8) is 0 Å². The molecule has 0 saturated carbocycles. The second kappa shape index (κ2) is 5.55. The molecule has 0 spiro atoms. The van der Waals surface area contributed by atoms with E-state index in [9.17, 15) is 4.79 Å². The number of aryl methyl sites for hydroxylation is 2. The van der Waals surface area contributed by atoms with Crippen LogP contribution in [0, 0.1) is 6.92 Å². The quantitative estimate of drug-likeness (QED) is 0.590. The highest BCUT2D eigenvalue weighted by atomic mass is 32.1. The van der Waals surface area contributed by atoms with E-state index in [4.69, 9.17) is 0 Å². The Labute approximate surface area is 144 Å². The zero-order valence-electron chi connectivity index (χ0n) is 12.4. The van der Waals surface area contributed by atoms with E-state index in [0.29, 0.717) is 10.0 Å². The summed E-state index contributed by atoms with van der Waals surface area (Å²) in [5.41, 5.74) is 1.84. The van der Waals surface area contributed by atoms with Crippen molar-refractivity contribution in [2.24, 2.45) is 7.05 Å². The highest BCUT2D eigenvalue weighted by molar-refractivity contribution is 7.20. The van der Waals surface area contributed by atoms with Crippen LogP contribution in [0.25, 0.3) is 20.8 Å². The van der Waals surface area contributed by atoms with Gasteiger partial charge in [-0.2, -0.15) is 5.10 Å². The van der Waals surface area contributed by atoms with Gasteiger partial charge in [-0.25, -0.2) is 4.98 Å². The normalized spacial score (nSPS) is 11.2. The molecular weight excluding hydrogens is 348 g/mol. The van der Waals surface area contributed by atoms with Crippen molar-refractivity contribution in [2.45, 2.75) is 6.92 Å². The first-order chi connectivity index (χ1) is 11.1. The second-order valence-electron chi connectivity index (χ2n) is 5.01. The lowest BCUT2D eigenvalue weighted by Gasteiger charge is -1.98. The van der Waals surface area contributed by atoms with Crippen molar-refractivity contribution < 1.29 is 4.79 Å². The molecule has 5 nitrogen and oxygen atoms in total. The SMILES string of the molecule is Cc1nn(C)c2sc(C(=O)Nc3nc(-c4cccs4)cs3)cc12. The molecular formula is C15H12N4OS3. The van der Waals surface area contributed by atoms with Gasteiger partial charge in [-0.3, -0.25) is 14.8 Å². The molecule has 0 radical (unpaired) electrons. The second-order valence-corrected chi connectivity index (χ2v) is 7.84. The Balaban J connectivity index is 1.58. The number of nitrogens with one attached hydrogen (secondary N) is 1. The summed E-state index contributed by atoms with van der Waals surface area (Å²) in [6.07, 6.45) is 0. The Morgan fingerprint density at radius 1 is 1.35 bits per heavy atom. The molecule has 4 aromatic heterocycles. The maximum atomic E-state index is 12.4. The van der Waals surface area contributed by atoms with Gasteiger partial charge in [0.25, 0.3) is 5.91 Å². The van der Waals surface area contributed by atoms with E-state index in [2.05, 4.69) is 15.4 Å². The summed E-state index contributed by atoms with van der Waals surface area (Å²) >= 11 is 4.52. The van der Waals surface area contributed by atoms with E-state index in [1.54, 1.807) is 11.3 Å². The zero-order valence-corrected chi connectivity index (χ0v) is 14.8. The van der Waals surface area contributed by atoms with Gasteiger partial charge in [-0.15, -0.1) is 34.0 Å². The Kier molecular flexibility index (Phi) is 3.51. The third-order valence-electron chi connectivity index (χ3n) is 3.42. The molecule has 1 N–H and O–H groups in total. The molecule has 0 aromatic carbocycles. The van der Waals surface area contributed by atoms with Gasteiger partial charge >= 0.3 is 0 Å². The van der Waals surface area contributed by atoms with E-state index >= 15 is 0 Å². The summed E-state index contributed by atoms with van der Waals surface area (Å²) < 4.78 is 1.81. The Bertz CT molecular complexity index is 959. The van der Waals surface area contributed by atoms with Gasteiger partial charge in [0.15, 0.2) is 5.13 Å². The standard InChI is InChI=1S/C15H12N4OS3/c1-8-9-6-12(23-14(9)19(2)18-8)13(20)17-15-16-10(7-22-15)11-4-3-5-21-11/h3-7H,1-2H3,(H,16,17,20). The van der Waals surface area contributed by atoms with Crippen molar-refractivity contribution in [3.8, 4) is 10.6 Å². The fraction of sp³-hybridized carbons (Fsp3) is 0.133. The molecule has 4 rings (SSSR count). The lowest BCUT2D eigenvalue weighted by molar-refractivity contribution is 0.103.